The lowest BCUT2D eigenvalue weighted by Gasteiger charge is -2.28. The first-order chi connectivity index (χ1) is 15.9. The predicted molar refractivity (Wildman–Crippen MR) is 129 cm³/mol. The molecule has 0 heterocycles. The van der Waals surface area contributed by atoms with Crippen molar-refractivity contribution in [3.8, 4) is 0 Å². The molecule has 0 bridgehead atoms. The zero-order chi connectivity index (χ0) is 23.7. The Hall–Kier alpha value is -1.81. The van der Waals surface area contributed by atoms with Crippen molar-refractivity contribution in [2.75, 3.05) is 0 Å². The van der Waals surface area contributed by atoms with E-state index < -0.39 is 18.3 Å². The Morgan fingerprint density at radius 2 is 1.58 bits per heavy atom. The monoisotopic (exact) mass is 460 g/mol. The Kier molecular flexibility index (Phi) is 9.85. The lowest BCUT2D eigenvalue weighted by atomic mass is 9.77. The van der Waals surface area contributed by atoms with E-state index in [1.807, 2.05) is 12.1 Å². The Balaban J connectivity index is 1.48. The molecule has 0 atom stereocenters. The van der Waals surface area contributed by atoms with Gasteiger partial charge in [-0.3, -0.25) is 0 Å². The van der Waals surface area contributed by atoms with Crippen LogP contribution in [0.5, 0.6) is 0 Å². The summed E-state index contributed by atoms with van der Waals surface area (Å²) in [6, 6.07) is 12.4. The van der Waals surface area contributed by atoms with Gasteiger partial charge in [-0.1, -0.05) is 75.9 Å². The van der Waals surface area contributed by atoms with E-state index in [1.165, 1.54) is 50.2 Å². The second-order valence-electron chi connectivity index (χ2n) is 9.73. The van der Waals surface area contributed by atoms with Crippen LogP contribution in [-0.2, 0) is 24.2 Å². The van der Waals surface area contributed by atoms with E-state index in [2.05, 4.69) is 26.0 Å². The Morgan fingerprint density at radius 3 is 2.21 bits per heavy atom. The quantitative estimate of drug-likeness (QED) is 0.287. The highest BCUT2D eigenvalue weighted by Crippen LogP contribution is 2.37. The molecular weight excluding hydrogens is 421 g/mol. The summed E-state index contributed by atoms with van der Waals surface area (Å²) < 4.78 is 48.0. The molecule has 1 aliphatic carbocycles. The van der Waals surface area contributed by atoms with Gasteiger partial charge < -0.3 is 4.74 Å². The fraction of sp³-hybridized carbons (Fsp3) is 0.586. The SMILES string of the molecule is CCCCCc1ccc(CC(F)(F)OCc2ccc(C3CCC(CCC)CC3)cc2)cc1F. The number of aryl methyl sites for hydroxylation is 1. The molecule has 0 aliphatic heterocycles. The standard InChI is InChI=1S/C29H39F3O/c1-3-5-6-8-27-18-13-24(19-28(27)30)20-29(31,32)33-21-23-11-16-26(17-12-23)25-14-9-22(7-4-2)10-15-25/h11-13,16-19,22,25H,3-10,14-15,20-21H2,1-2H3. The number of hydrogen-bond acceptors (Lipinski definition) is 1. The van der Waals surface area contributed by atoms with Gasteiger partial charge in [-0.05, 0) is 78.7 Å². The molecular formula is C29H39F3O. The molecule has 1 fully saturated rings. The third-order valence-corrected chi connectivity index (χ3v) is 7.02. The molecule has 3 rings (SSSR count). The summed E-state index contributed by atoms with van der Waals surface area (Å²) in [4.78, 5) is 0. The molecule has 1 nitrogen and oxygen atoms in total. The average Bonchev–Trinajstić information content (AvgIpc) is 2.80. The number of rotatable bonds is 12. The second-order valence-corrected chi connectivity index (χ2v) is 9.73. The summed E-state index contributed by atoms with van der Waals surface area (Å²) in [7, 11) is 0. The van der Waals surface area contributed by atoms with Gasteiger partial charge in [0.2, 0.25) is 0 Å². The van der Waals surface area contributed by atoms with Gasteiger partial charge in [0.25, 0.3) is 0 Å². The molecule has 1 saturated carbocycles. The summed E-state index contributed by atoms with van der Waals surface area (Å²) in [6.07, 6.45) is 7.27. The maximum atomic E-state index is 14.4. The van der Waals surface area contributed by atoms with Gasteiger partial charge in [0, 0.05) is 0 Å². The molecule has 1 aliphatic rings. The van der Waals surface area contributed by atoms with Crippen molar-refractivity contribution >= 4 is 0 Å². The van der Waals surface area contributed by atoms with Gasteiger partial charge in [0.05, 0.1) is 13.0 Å². The highest BCUT2D eigenvalue weighted by Gasteiger charge is 2.31. The minimum atomic E-state index is -3.34. The van der Waals surface area contributed by atoms with Gasteiger partial charge >= 0.3 is 6.11 Å². The number of unbranched alkanes of at least 4 members (excludes halogenated alkanes) is 2. The van der Waals surface area contributed by atoms with E-state index in [4.69, 9.17) is 4.74 Å². The van der Waals surface area contributed by atoms with Gasteiger partial charge in [-0.25, -0.2) is 4.39 Å². The fourth-order valence-corrected chi connectivity index (χ4v) is 5.03. The van der Waals surface area contributed by atoms with Crippen LogP contribution in [-0.4, -0.2) is 6.11 Å². The van der Waals surface area contributed by atoms with E-state index in [9.17, 15) is 13.2 Å². The summed E-state index contributed by atoms with van der Waals surface area (Å²) in [5.74, 6) is 1.04. The lowest BCUT2D eigenvalue weighted by molar-refractivity contribution is -0.244. The molecule has 0 spiro atoms. The van der Waals surface area contributed by atoms with Crippen LogP contribution in [0.15, 0.2) is 42.5 Å². The highest BCUT2D eigenvalue weighted by atomic mass is 19.3. The normalized spacial score (nSPS) is 19.1. The predicted octanol–water partition coefficient (Wildman–Crippen LogP) is 8.98. The number of halogens is 3. The van der Waals surface area contributed by atoms with Gasteiger partial charge in [0.15, 0.2) is 0 Å². The van der Waals surface area contributed by atoms with Crippen molar-refractivity contribution in [2.24, 2.45) is 5.92 Å². The van der Waals surface area contributed by atoms with Crippen LogP contribution in [0.1, 0.15) is 99.8 Å². The third-order valence-electron chi connectivity index (χ3n) is 7.02. The van der Waals surface area contributed by atoms with Gasteiger partial charge in [-0.15, -0.1) is 0 Å². The summed E-state index contributed by atoms with van der Waals surface area (Å²) >= 11 is 0. The minimum absolute atomic E-state index is 0.159. The van der Waals surface area contributed by atoms with Crippen LogP contribution in [0.25, 0.3) is 0 Å². The van der Waals surface area contributed by atoms with Gasteiger partial charge in [-0.2, -0.15) is 8.78 Å². The lowest BCUT2D eigenvalue weighted by Crippen LogP contribution is -2.24. The maximum absolute atomic E-state index is 14.4. The van der Waals surface area contributed by atoms with Crippen molar-refractivity contribution in [2.45, 2.75) is 103 Å². The summed E-state index contributed by atoms with van der Waals surface area (Å²) in [5.41, 5.74) is 2.88. The fourth-order valence-electron chi connectivity index (χ4n) is 5.03. The van der Waals surface area contributed by atoms with Crippen LogP contribution in [0.3, 0.4) is 0 Å². The number of benzene rings is 2. The van der Waals surface area contributed by atoms with Crippen LogP contribution in [0, 0.1) is 11.7 Å². The van der Waals surface area contributed by atoms with Crippen molar-refractivity contribution in [1.82, 2.24) is 0 Å². The molecule has 4 heteroatoms. The number of ether oxygens (including phenoxy) is 1. The van der Waals surface area contributed by atoms with Crippen molar-refractivity contribution in [1.29, 1.82) is 0 Å². The first-order valence-electron chi connectivity index (χ1n) is 12.8. The smallest absolute Gasteiger partial charge is 0.315 e. The van der Waals surface area contributed by atoms with Gasteiger partial charge in [0.1, 0.15) is 5.82 Å². The van der Waals surface area contributed by atoms with Crippen LogP contribution >= 0.6 is 0 Å². The third kappa shape index (κ3) is 8.17. The first kappa shape index (κ1) is 25.8. The molecule has 33 heavy (non-hydrogen) atoms. The zero-order valence-corrected chi connectivity index (χ0v) is 20.2. The molecule has 0 N–H and O–H groups in total. The Bertz CT molecular complexity index is 838. The number of hydrogen-bond donors (Lipinski definition) is 0. The molecule has 0 radical (unpaired) electrons. The largest absolute Gasteiger partial charge is 0.360 e. The molecule has 2 aromatic carbocycles. The van der Waals surface area contributed by atoms with E-state index in [-0.39, 0.29) is 12.2 Å². The molecule has 2 aromatic rings. The highest BCUT2D eigenvalue weighted by molar-refractivity contribution is 5.26. The number of alkyl halides is 2. The molecule has 0 saturated heterocycles. The van der Waals surface area contributed by atoms with E-state index >= 15 is 0 Å². The van der Waals surface area contributed by atoms with E-state index in [0.29, 0.717) is 17.9 Å². The zero-order valence-electron chi connectivity index (χ0n) is 20.2. The molecule has 182 valence electrons. The average molecular weight is 461 g/mol. The van der Waals surface area contributed by atoms with Crippen LogP contribution in [0.2, 0.25) is 0 Å². The van der Waals surface area contributed by atoms with E-state index in [0.717, 1.165) is 30.7 Å². The second kappa shape index (κ2) is 12.6. The van der Waals surface area contributed by atoms with Crippen LogP contribution in [0.4, 0.5) is 13.2 Å². The van der Waals surface area contributed by atoms with E-state index in [1.54, 1.807) is 12.1 Å². The Labute approximate surface area is 197 Å². The van der Waals surface area contributed by atoms with Crippen LogP contribution < -0.4 is 0 Å². The van der Waals surface area contributed by atoms with Crippen molar-refractivity contribution in [3.63, 3.8) is 0 Å². The Morgan fingerprint density at radius 1 is 0.879 bits per heavy atom. The molecule has 0 aromatic heterocycles. The van der Waals surface area contributed by atoms with Crippen molar-refractivity contribution < 1.29 is 17.9 Å². The molecule has 0 unspecified atom stereocenters. The minimum Gasteiger partial charge on any atom is -0.315 e. The summed E-state index contributed by atoms with van der Waals surface area (Å²) in [5, 5.41) is 0. The topological polar surface area (TPSA) is 9.23 Å². The first-order valence-corrected chi connectivity index (χ1v) is 12.8. The maximum Gasteiger partial charge on any atom is 0.360 e. The molecule has 0 amide bonds. The summed E-state index contributed by atoms with van der Waals surface area (Å²) in [6.45, 7) is 4.18. The van der Waals surface area contributed by atoms with Crippen molar-refractivity contribution in [3.05, 3.63) is 70.5 Å².